The number of carbonyl (C=O) groups excluding carboxylic acids is 1. The number of rotatable bonds is 4. The molecular formula is C9H10FeO. The van der Waals surface area contributed by atoms with E-state index in [1.54, 1.807) is 24.3 Å². The molecule has 0 aliphatic rings. The molecule has 0 aromatic rings. The van der Waals surface area contributed by atoms with Gasteiger partial charge in [0.05, 0.1) is 0 Å². The van der Waals surface area contributed by atoms with E-state index in [0.717, 1.165) is 0 Å². The van der Waals surface area contributed by atoms with Crippen LogP contribution in [0.25, 0.3) is 0 Å². The third-order valence-corrected chi connectivity index (χ3v) is 0.793. The van der Waals surface area contributed by atoms with Crippen molar-refractivity contribution in [2.24, 2.45) is 0 Å². The summed E-state index contributed by atoms with van der Waals surface area (Å²) >= 11 is 0. The summed E-state index contributed by atoms with van der Waals surface area (Å²) in [5, 5.41) is 0. The largest absolute Gasteiger partial charge is 0.290 e. The Balaban J connectivity index is 0. The zero-order chi connectivity index (χ0) is 7.82. The van der Waals surface area contributed by atoms with Crippen LogP contribution in [0.15, 0.2) is 49.6 Å². The summed E-state index contributed by atoms with van der Waals surface area (Å²) in [7, 11) is 0. The first kappa shape index (κ1) is 12.8. The molecule has 0 fully saturated rings. The second-order valence-electron chi connectivity index (χ2n) is 1.59. The molecule has 0 unspecified atom stereocenters. The van der Waals surface area contributed by atoms with Crippen LogP contribution in [0.4, 0.5) is 0 Å². The molecular weight excluding hydrogens is 180 g/mol. The molecule has 0 atom stereocenters. The molecule has 0 saturated carbocycles. The minimum absolute atomic E-state index is 0. The van der Waals surface area contributed by atoms with Gasteiger partial charge in [0.15, 0.2) is 5.78 Å². The topological polar surface area (TPSA) is 17.1 Å². The van der Waals surface area contributed by atoms with Crippen LogP contribution in [0.5, 0.6) is 0 Å². The van der Waals surface area contributed by atoms with E-state index in [1.165, 1.54) is 12.2 Å². The van der Waals surface area contributed by atoms with Crippen molar-refractivity contribution in [1.29, 1.82) is 0 Å². The number of hydrogen-bond acceptors (Lipinski definition) is 1. The van der Waals surface area contributed by atoms with Gasteiger partial charge in [-0.05, 0) is 12.2 Å². The zero-order valence-electron chi connectivity index (χ0n) is 6.14. The van der Waals surface area contributed by atoms with E-state index in [1.807, 2.05) is 0 Å². The third kappa shape index (κ3) is 9.15. The van der Waals surface area contributed by atoms with Gasteiger partial charge in [0.1, 0.15) is 0 Å². The SMILES string of the molecule is C=CC=CC(=O)C=CC=C.[Fe]. The van der Waals surface area contributed by atoms with Crippen molar-refractivity contribution in [3.8, 4) is 0 Å². The van der Waals surface area contributed by atoms with Crippen LogP contribution in [0.1, 0.15) is 0 Å². The molecule has 0 radical (unpaired) electrons. The van der Waals surface area contributed by atoms with E-state index < -0.39 is 0 Å². The molecule has 0 aliphatic heterocycles. The fourth-order valence-corrected chi connectivity index (χ4v) is 0.381. The first-order valence-electron chi connectivity index (χ1n) is 2.93. The molecule has 0 rings (SSSR count). The summed E-state index contributed by atoms with van der Waals surface area (Å²) in [6.45, 7) is 6.86. The van der Waals surface area contributed by atoms with Crippen LogP contribution in [-0.4, -0.2) is 5.78 Å². The molecule has 0 heterocycles. The van der Waals surface area contributed by atoms with Crippen LogP contribution in [0.2, 0.25) is 0 Å². The minimum atomic E-state index is -0.0557. The van der Waals surface area contributed by atoms with Crippen molar-refractivity contribution < 1.29 is 21.9 Å². The Labute approximate surface area is 77.7 Å². The molecule has 60 valence electrons. The van der Waals surface area contributed by atoms with E-state index in [2.05, 4.69) is 13.2 Å². The predicted octanol–water partition coefficient (Wildman–Crippen LogP) is 2.04. The van der Waals surface area contributed by atoms with Crippen molar-refractivity contribution in [1.82, 2.24) is 0 Å². The number of carbonyl (C=O) groups is 1. The number of allylic oxidation sites excluding steroid dienone is 6. The molecule has 0 aliphatic carbocycles. The van der Waals surface area contributed by atoms with Crippen molar-refractivity contribution in [3.63, 3.8) is 0 Å². The quantitative estimate of drug-likeness (QED) is 0.376. The Hall–Kier alpha value is -0.851. The van der Waals surface area contributed by atoms with Crippen molar-refractivity contribution in [2.75, 3.05) is 0 Å². The standard InChI is InChI=1S/C9H10O.Fe/c1-3-5-7-9(10)8-6-4-2;/h3-8H,1-2H2;. The van der Waals surface area contributed by atoms with Crippen LogP contribution in [0, 0.1) is 0 Å². The molecule has 0 aromatic heterocycles. The zero-order valence-corrected chi connectivity index (χ0v) is 7.24. The Bertz CT molecular complexity index is 170. The van der Waals surface area contributed by atoms with Gasteiger partial charge in [0, 0.05) is 17.1 Å². The Kier molecular flexibility index (Phi) is 10.6. The fourth-order valence-electron chi connectivity index (χ4n) is 0.381. The van der Waals surface area contributed by atoms with Gasteiger partial charge < -0.3 is 0 Å². The predicted molar refractivity (Wildman–Crippen MR) is 43.7 cm³/mol. The van der Waals surface area contributed by atoms with Crippen molar-refractivity contribution >= 4 is 5.78 Å². The maximum absolute atomic E-state index is 10.7. The summed E-state index contributed by atoms with van der Waals surface area (Å²) in [6, 6.07) is 0. The Morgan fingerprint density at radius 1 is 1.00 bits per heavy atom. The smallest absolute Gasteiger partial charge is 0.178 e. The van der Waals surface area contributed by atoms with Crippen molar-refractivity contribution in [3.05, 3.63) is 49.6 Å². The van der Waals surface area contributed by atoms with Crippen LogP contribution in [-0.2, 0) is 21.9 Å². The molecule has 0 bridgehead atoms. The van der Waals surface area contributed by atoms with Gasteiger partial charge >= 0.3 is 0 Å². The van der Waals surface area contributed by atoms with Crippen LogP contribution < -0.4 is 0 Å². The minimum Gasteiger partial charge on any atom is -0.290 e. The molecule has 2 heteroatoms. The maximum atomic E-state index is 10.7. The molecule has 11 heavy (non-hydrogen) atoms. The van der Waals surface area contributed by atoms with Gasteiger partial charge in [-0.2, -0.15) is 0 Å². The average molecular weight is 190 g/mol. The molecule has 0 amide bonds. The van der Waals surface area contributed by atoms with E-state index in [4.69, 9.17) is 0 Å². The Morgan fingerprint density at radius 3 is 1.64 bits per heavy atom. The first-order valence-corrected chi connectivity index (χ1v) is 2.93. The van der Waals surface area contributed by atoms with E-state index in [9.17, 15) is 4.79 Å². The second-order valence-corrected chi connectivity index (χ2v) is 1.59. The van der Waals surface area contributed by atoms with Gasteiger partial charge in [0.25, 0.3) is 0 Å². The van der Waals surface area contributed by atoms with Gasteiger partial charge in [-0.1, -0.05) is 37.5 Å². The molecule has 0 N–H and O–H groups in total. The summed E-state index contributed by atoms with van der Waals surface area (Å²) in [6.07, 6.45) is 9.17. The number of ketones is 1. The van der Waals surface area contributed by atoms with Crippen LogP contribution in [0.3, 0.4) is 0 Å². The number of hydrogen-bond donors (Lipinski definition) is 0. The van der Waals surface area contributed by atoms with E-state index in [0.29, 0.717) is 0 Å². The normalized spacial score (nSPS) is 9.45. The van der Waals surface area contributed by atoms with Crippen molar-refractivity contribution in [2.45, 2.75) is 0 Å². The maximum Gasteiger partial charge on any atom is 0.178 e. The fraction of sp³-hybridized carbons (Fsp3) is 0. The Morgan fingerprint density at radius 2 is 1.36 bits per heavy atom. The van der Waals surface area contributed by atoms with E-state index in [-0.39, 0.29) is 22.9 Å². The third-order valence-electron chi connectivity index (χ3n) is 0.793. The summed E-state index contributed by atoms with van der Waals surface area (Å²) in [4.78, 5) is 10.7. The first-order chi connectivity index (χ1) is 4.81. The second kappa shape index (κ2) is 9.15. The molecule has 1 nitrogen and oxygen atoms in total. The monoisotopic (exact) mass is 190 g/mol. The summed E-state index contributed by atoms with van der Waals surface area (Å²) < 4.78 is 0. The van der Waals surface area contributed by atoms with Crippen LogP contribution >= 0.6 is 0 Å². The average Bonchev–Trinajstić information content (AvgIpc) is 1.97. The van der Waals surface area contributed by atoms with E-state index >= 15 is 0 Å². The van der Waals surface area contributed by atoms with Gasteiger partial charge in [0.2, 0.25) is 0 Å². The summed E-state index contributed by atoms with van der Waals surface area (Å²) in [5.74, 6) is -0.0557. The molecule has 0 saturated heterocycles. The molecule has 0 spiro atoms. The van der Waals surface area contributed by atoms with Gasteiger partial charge in [-0.25, -0.2) is 0 Å². The van der Waals surface area contributed by atoms with Gasteiger partial charge in [-0.15, -0.1) is 0 Å². The van der Waals surface area contributed by atoms with Gasteiger partial charge in [-0.3, -0.25) is 4.79 Å². The molecule has 0 aromatic carbocycles. The summed E-state index contributed by atoms with van der Waals surface area (Å²) in [5.41, 5.74) is 0.